The highest BCUT2D eigenvalue weighted by Gasteiger charge is 2.24. The summed E-state index contributed by atoms with van der Waals surface area (Å²) >= 11 is 0. The summed E-state index contributed by atoms with van der Waals surface area (Å²) in [6, 6.07) is 10.6. The van der Waals surface area contributed by atoms with E-state index in [1.165, 1.54) is 5.56 Å². The third-order valence-electron chi connectivity index (χ3n) is 4.01. The average molecular weight is 290 g/mol. The maximum Gasteiger partial charge on any atom is 0.222 e. The molecular formula is C17H26N2O2. The maximum atomic E-state index is 11.6. The van der Waals surface area contributed by atoms with Crippen LogP contribution in [0.25, 0.3) is 0 Å². The number of carbonyl (C=O) groups excluding carboxylic acids is 1. The maximum absolute atomic E-state index is 11.6. The van der Waals surface area contributed by atoms with Crippen molar-refractivity contribution in [2.45, 2.75) is 45.4 Å². The SMILES string of the molecule is CC(C)N(Cc1ccccc1)CC(O)CN1CCCC1=O. The van der Waals surface area contributed by atoms with Gasteiger partial charge in [0.1, 0.15) is 0 Å². The molecule has 0 saturated carbocycles. The zero-order chi connectivity index (χ0) is 15.2. The lowest BCUT2D eigenvalue weighted by Gasteiger charge is -2.30. The van der Waals surface area contributed by atoms with Crippen molar-refractivity contribution in [2.24, 2.45) is 0 Å². The van der Waals surface area contributed by atoms with Crippen LogP contribution in [0.4, 0.5) is 0 Å². The molecule has 1 heterocycles. The second-order valence-electron chi connectivity index (χ2n) is 6.11. The van der Waals surface area contributed by atoms with Crippen molar-refractivity contribution >= 4 is 5.91 Å². The van der Waals surface area contributed by atoms with Crippen molar-refractivity contribution in [3.05, 3.63) is 35.9 Å². The third-order valence-corrected chi connectivity index (χ3v) is 4.01. The summed E-state index contributed by atoms with van der Waals surface area (Å²) in [6.45, 7) is 6.93. The van der Waals surface area contributed by atoms with Gasteiger partial charge in [0.2, 0.25) is 5.91 Å². The largest absolute Gasteiger partial charge is 0.390 e. The van der Waals surface area contributed by atoms with Gasteiger partial charge in [-0.15, -0.1) is 0 Å². The second kappa shape index (κ2) is 7.57. The molecule has 1 fully saturated rings. The molecule has 0 aliphatic carbocycles. The summed E-state index contributed by atoms with van der Waals surface area (Å²) in [5.74, 6) is 0.174. The second-order valence-corrected chi connectivity index (χ2v) is 6.11. The normalized spacial score (nSPS) is 17.0. The molecule has 4 nitrogen and oxygen atoms in total. The molecule has 1 aliphatic rings. The van der Waals surface area contributed by atoms with Gasteiger partial charge in [-0.2, -0.15) is 0 Å². The number of nitrogens with zero attached hydrogens (tertiary/aromatic N) is 2. The van der Waals surface area contributed by atoms with Gasteiger partial charge < -0.3 is 10.0 Å². The van der Waals surface area contributed by atoms with Crippen LogP contribution < -0.4 is 0 Å². The van der Waals surface area contributed by atoms with Gasteiger partial charge in [0.25, 0.3) is 0 Å². The molecule has 1 saturated heterocycles. The van der Waals surface area contributed by atoms with E-state index in [2.05, 4.69) is 30.9 Å². The fourth-order valence-corrected chi connectivity index (χ4v) is 2.76. The number of hydrogen-bond acceptors (Lipinski definition) is 3. The van der Waals surface area contributed by atoms with Crippen LogP contribution >= 0.6 is 0 Å². The van der Waals surface area contributed by atoms with Crippen molar-refractivity contribution in [3.8, 4) is 0 Å². The number of amides is 1. The summed E-state index contributed by atoms with van der Waals surface area (Å²) in [6.07, 6.45) is 1.06. The van der Waals surface area contributed by atoms with Crippen LogP contribution in [0.5, 0.6) is 0 Å². The van der Waals surface area contributed by atoms with Crippen LogP contribution in [0.15, 0.2) is 30.3 Å². The van der Waals surface area contributed by atoms with Crippen molar-refractivity contribution in [1.82, 2.24) is 9.80 Å². The highest BCUT2D eigenvalue weighted by Crippen LogP contribution is 2.12. The minimum absolute atomic E-state index is 0.174. The Morgan fingerprint density at radius 1 is 1.29 bits per heavy atom. The van der Waals surface area contributed by atoms with E-state index >= 15 is 0 Å². The summed E-state index contributed by atoms with van der Waals surface area (Å²) in [5, 5.41) is 10.3. The molecule has 1 atom stereocenters. The molecule has 1 aliphatic heterocycles. The lowest BCUT2D eigenvalue weighted by Crippen LogP contribution is -2.42. The Balaban J connectivity index is 1.88. The Hall–Kier alpha value is -1.39. The van der Waals surface area contributed by atoms with Crippen LogP contribution in [0.3, 0.4) is 0 Å². The summed E-state index contributed by atoms with van der Waals surface area (Å²) in [7, 11) is 0. The number of rotatable bonds is 7. The van der Waals surface area contributed by atoms with Gasteiger partial charge in [0.05, 0.1) is 6.10 Å². The Bertz CT molecular complexity index is 447. The number of hydrogen-bond donors (Lipinski definition) is 1. The number of aliphatic hydroxyl groups excluding tert-OH is 1. The van der Waals surface area contributed by atoms with Gasteiger partial charge in [-0.25, -0.2) is 0 Å². The summed E-state index contributed by atoms with van der Waals surface area (Å²) < 4.78 is 0. The van der Waals surface area contributed by atoms with Crippen molar-refractivity contribution in [2.75, 3.05) is 19.6 Å². The highest BCUT2D eigenvalue weighted by atomic mass is 16.3. The standard InChI is InChI=1S/C17H26N2O2/c1-14(2)19(11-15-7-4-3-5-8-15)13-16(20)12-18-10-6-9-17(18)21/h3-5,7-8,14,16,20H,6,9-13H2,1-2H3. The van der Waals surface area contributed by atoms with E-state index in [0.717, 1.165) is 19.5 Å². The fourth-order valence-electron chi connectivity index (χ4n) is 2.76. The molecule has 1 aromatic rings. The van der Waals surface area contributed by atoms with Gasteiger partial charge in [-0.1, -0.05) is 30.3 Å². The summed E-state index contributed by atoms with van der Waals surface area (Å²) in [4.78, 5) is 15.7. The first-order valence-corrected chi connectivity index (χ1v) is 7.80. The van der Waals surface area contributed by atoms with E-state index in [9.17, 15) is 9.90 Å². The Morgan fingerprint density at radius 3 is 2.57 bits per heavy atom. The highest BCUT2D eigenvalue weighted by molar-refractivity contribution is 5.78. The average Bonchev–Trinajstić information content (AvgIpc) is 2.84. The predicted octanol–water partition coefficient (Wildman–Crippen LogP) is 1.88. The van der Waals surface area contributed by atoms with Gasteiger partial charge in [-0.3, -0.25) is 9.69 Å². The Morgan fingerprint density at radius 2 is 2.00 bits per heavy atom. The van der Waals surface area contributed by atoms with Gasteiger partial charge in [0, 0.05) is 38.6 Å². The molecule has 2 rings (SSSR count). The first kappa shape index (κ1) is 16.0. The van der Waals surface area contributed by atoms with Crippen molar-refractivity contribution in [1.29, 1.82) is 0 Å². The molecule has 0 bridgehead atoms. The molecule has 21 heavy (non-hydrogen) atoms. The molecule has 1 aromatic carbocycles. The molecule has 4 heteroatoms. The Labute approximate surface area is 127 Å². The van der Waals surface area contributed by atoms with E-state index in [0.29, 0.717) is 25.6 Å². The molecular weight excluding hydrogens is 264 g/mol. The molecule has 0 aromatic heterocycles. The molecule has 0 spiro atoms. The van der Waals surface area contributed by atoms with Crippen LogP contribution in [0.2, 0.25) is 0 Å². The van der Waals surface area contributed by atoms with Crippen LogP contribution in [0.1, 0.15) is 32.3 Å². The number of benzene rings is 1. The van der Waals surface area contributed by atoms with Gasteiger partial charge >= 0.3 is 0 Å². The number of likely N-dealkylation sites (tertiary alicyclic amines) is 1. The molecule has 1 amide bonds. The van der Waals surface area contributed by atoms with Gasteiger partial charge in [-0.05, 0) is 25.8 Å². The third kappa shape index (κ3) is 4.83. The molecule has 0 radical (unpaired) electrons. The number of aliphatic hydroxyl groups is 1. The molecule has 116 valence electrons. The lowest BCUT2D eigenvalue weighted by molar-refractivity contribution is -0.129. The number of β-amino-alcohol motifs (C(OH)–C–C–N with tert-alkyl or cyclic N) is 1. The Kier molecular flexibility index (Phi) is 5.76. The van der Waals surface area contributed by atoms with Crippen LogP contribution in [-0.4, -0.2) is 52.6 Å². The van der Waals surface area contributed by atoms with Crippen molar-refractivity contribution < 1.29 is 9.90 Å². The quantitative estimate of drug-likeness (QED) is 0.834. The van der Waals surface area contributed by atoms with Gasteiger partial charge in [0.15, 0.2) is 0 Å². The minimum Gasteiger partial charge on any atom is -0.390 e. The fraction of sp³-hybridized carbons (Fsp3) is 0.588. The van der Waals surface area contributed by atoms with E-state index in [-0.39, 0.29) is 5.91 Å². The van der Waals surface area contributed by atoms with E-state index in [1.807, 2.05) is 18.2 Å². The topological polar surface area (TPSA) is 43.8 Å². The molecule has 1 unspecified atom stereocenters. The minimum atomic E-state index is -0.488. The van der Waals surface area contributed by atoms with E-state index in [4.69, 9.17) is 0 Å². The smallest absolute Gasteiger partial charge is 0.222 e. The first-order chi connectivity index (χ1) is 10.1. The number of carbonyl (C=O) groups is 1. The zero-order valence-electron chi connectivity index (χ0n) is 13.0. The zero-order valence-corrected chi connectivity index (χ0v) is 13.0. The predicted molar refractivity (Wildman–Crippen MR) is 83.8 cm³/mol. The van der Waals surface area contributed by atoms with E-state index < -0.39 is 6.10 Å². The molecule has 1 N–H and O–H groups in total. The lowest BCUT2D eigenvalue weighted by atomic mass is 10.1. The summed E-state index contributed by atoms with van der Waals surface area (Å²) in [5.41, 5.74) is 1.25. The van der Waals surface area contributed by atoms with Crippen LogP contribution in [0, 0.1) is 0 Å². The van der Waals surface area contributed by atoms with Crippen LogP contribution in [-0.2, 0) is 11.3 Å². The first-order valence-electron chi connectivity index (χ1n) is 7.80. The monoisotopic (exact) mass is 290 g/mol. The van der Waals surface area contributed by atoms with E-state index in [1.54, 1.807) is 4.90 Å². The van der Waals surface area contributed by atoms with Crippen molar-refractivity contribution in [3.63, 3.8) is 0 Å².